The lowest BCUT2D eigenvalue weighted by Gasteiger charge is -2.05. The summed E-state index contributed by atoms with van der Waals surface area (Å²) in [5.41, 5.74) is 8.98. The van der Waals surface area contributed by atoms with Crippen LogP contribution < -0.4 is 4.74 Å². The molecule has 17 heavy (non-hydrogen) atoms. The van der Waals surface area contributed by atoms with Crippen molar-refractivity contribution >= 4 is 12.0 Å². The lowest BCUT2D eigenvalue weighted by atomic mass is 10.1. The fraction of sp³-hybridized carbons (Fsp3) is 0.182. The zero-order chi connectivity index (χ0) is 12.7. The standard InChI is InChI=1S/C11H11N3O3/c1-17-10-7-9(11(15)16)5-4-8(10)3-2-6-13-14-12/h2-5,7H,6H2,1H3,(H,15,16). The van der Waals surface area contributed by atoms with Crippen molar-refractivity contribution in [3.05, 3.63) is 45.8 Å². The van der Waals surface area contributed by atoms with Crippen LogP contribution in [0, 0.1) is 0 Å². The molecule has 0 radical (unpaired) electrons. The molecular formula is C11H11N3O3. The highest BCUT2D eigenvalue weighted by Gasteiger charge is 2.06. The fourth-order valence-corrected chi connectivity index (χ4v) is 1.25. The average molecular weight is 233 g/mol. The maximum atomic E-state index is 10.8. The van der Waals surface area contributed by atoms with Crippen LogP contribution in [-0.4, -0.2) is 24.7 Å². The topological polar surface area (TPSA) is 95.3 Å². The number of nitrogens with zero attached hydrogens (tertiary/aromatic N) is 3. The van der Waals surface area contributed by atoms with Gasteiger partial charge in [0.2, 0.25) is 0 Å². The molecule has 0 aliphatic rings. The Morgan fingerprint density at radius 1 is 1.65 bits per heavy atom. The Morgan fingerprint density at radius 3 is 3.00 bits per heavy atom. The summed E-state index contributed by atoms with van der Waals surface area (Å²) >= 11 is 0. The first-order chi connectivity index (χ1) is 8.19. The molecule has 0 saturated carbocycles. The number of azide groups is 1. The van der Waals surface area contributed by atoms with Gasteiger partial charge in [-0.05, 0) is 17.7 Å². The number of carbonyl (C=O) groups is 1. The molecule has 0 spiro atoms. The van der Waals surface area contributed by atoms with Crippen molar-refractivity contribution in [3.63, 3.8) is 0 Å². The van der Waals surface area contributed by atoms with Crippen molar-refractivity contribution in [3.8, 4) is 5.75 Å². The SMILES string of the molecule is COc1cc(C(=O)O)ccc1C=CCN=[N+]=[N-]. The molecule has 0 aliphatic carbocycles. The summed E-state index contributed by atoms with van der Waals surface area (Å²) in [4.78, 5) is 13.4. The third kappa shape index (κ3) is 3.55. The van der Waals surface area contributed by atoms with Crippen LogP contribution in [0.2, 0.25) is 0 Å². The molecule has 88 valence electrons. The summed E-state index contributed by atoms with van der Waals surface area (Å²) in [7, 11) is 1.46. The zero-order valence-corrected chi connectivity index (χ0v) is 9.20. The third-order valence-corrected chi connectivity index (χ3v) is 2.03. The number of ether oxygens (including phenoxy) is 1. The largest absolute Gasteiger partial charge is 0.496 e. The molecule has 0 aliphatic heterocycles. The molecule has 1 rings (SSSR count). The lowest BCUT2D eigenvalue weighted by molar-refractivity contribution is 0.0696. The fourth-order valence-electron chi connectivity index (χ4n) is 1.25. The number of aromatic carboxylic acids is 1. The number of carboxylic acids is 1. The van der Waals surface area contributed by atoms with Gasteiger partial charge in [-0.25, -0.2) is 4.79 Å². The molecule has 6 heteroatoms. The predicted molar refractivity (Wildman–Crippen MR) is 63.0 cm³/mol. The van der Waals surface area contributed by atoms with E-state index in [1.54, 1.807) is 18.2 Å². The van der Waals surface area contributed by atoms with E-state index in [1.807, 2.05) is 0 Å². The molecule has 0 heterocycles. The zero-order valence-electron chi connectivity index (χ0n) is 9.20. The van der Waals surface area contributed by atoms with E-state index in [2.05, 4.69) is 10.0 Å². The van der Waals surface area contributed by atoms with Crippen LogP contribution in [0.3, 0.4) is 0 Å². The van der Waals surface area contributed by atoms with E-state index in [9.17, 15) is 4.79 Å². The number of methoxy groups -OCH3 is 1. The van der Waals surface area contributed by atoms with Gasteiger partial charge in [0.1, 0.15) is 5.75 Å². The average Bonchev–Trinajstić information content (AvgIpc) is 2.34. The minimum absolute atomic E-state index is 0.161. The van der Waals surface area contributed by atoms with Crippen LogP contribution in [0.4, 0.5) is 0 Å². The lowest BCUT2D eigenvalue weighted by Crippen LogP contribution is -1.97. The van der Waals surface area contributed by atoms with Crippen LogP contribution in [0.25, 0.3) is 16.5 Å². The number of hydrogen-bond acceptors (Lipinski definition) is 3. The minimum Gasteiger partial charge on any atom is -0.496 e. The molecule has 6 nitrogen and oxygen atoms in total. The Kier molecular flexibility index (Phi) is 4.59. The molecule has 0 bridgehead atoms. The van der Waals surface area contributed by atoms with Gasteiger partial charge in [0.25, 0.3) is 0 Å². The number of hydrogen-bond donors (Lipinski definition) is 1. The predicted octanol–water partition coefficient (Wildman–Crippen LogP) is 2.72. The van der Waals surface area contributed by atoms with Crippen molar-refractivity contribution in [2.75, 3.05) is 13.7 Å². The Labute approximate surface area is 97.8 Å². The highest BCUT2D eigenvalue weighted by Crippen LogP contribution is 2.21. The normalized spacial score (nSPS) is 9.94. The highest BCUT2D eigenvalue weighted by molar-refractivity contribution is 5.88. The Bertz CT molecular complexity index is 491. The second kappa shape index (κ2) is 6.19. The summed E-state index contributed by atoms with van der Waals surface area (Å²) < 4.78 is 5.08. The van der Waals surface area contributed by atoms with Gasteiger partial charge in [-0.15, -0.1) is 0 Å². The Morgan fingerprint density at radius 2 is 2.41 bits per heavy atom. The first-order valence-corrected chi connectivity index (χ1v) is 4.77. The van der Waals surface area contributed by atoms with Crippen molar-refractivity contribution in [2.45, 2.75) is 0 Å². The smallest absolute Gasteiger partial charge is 0.335 e. The van der Waals surface area contributed by atoms with Crippen molar-refractivity contribution in [2.24, 2.45) is 5.11 Å². The van der Waals surface area contributed by atoms with Gasteiger partial charge in [-0.3, -0.25) is 0 Å². The first-order valence-electron chi connectivity index (χ1n) is 4.77. The van der Waals surface area contributed by atoms with Gasteiger partial charge in [0.15, 0.2) is 0 Å². The molecule has 1 N–H and O–H groups in total. The van der Waals surface area contributed by atoms with E-state index >= 15 is 0 Å². The van der Waals surface area contributed by atoms with Gasteiger partial charge in [-0.1, -0.05) is 23.3 Å². The van der Waals surface area contributed by atoms with Gasteiger partial charge in [0, 0.05) is 17.0 Å². The summed E-state index contributed by atoms with van der Waals surface area (Å²) in [5, 5.41) is 12.2. The maximum Gasteiger partial charge on any atom is 0.335 e. The van der Waals surface area contributed by atoms with Crippen LogP contribution in [0.1, 0.15) is 15.9 Å². The van der Waals surface area contributed by atoms with Crippen LogP contribution in [0.15, 0.2) is 29.4 Å². The summed E-state index contributed by atoms with van der Waals surface area (Å²) in [5.74, 6) is -0.546. The molecular weight excluding hydrogens is 222 g/mol. The minimum atomic E-state index is -1.01. The van der Waals surface area contributed by atoms with Gasteiger partial charge in [-0.2, -0.15) is 0 Å². The van der Waals surface area contributed by atoms with E-state index in [-0.39, 0.29) is 12.1 Å². The molecule has 0 fully saturated rings. The molecule has 0 amide bonds. The molecule has 0 aromatic heterocycles. The number of benzene rings is 1. The van der Waals surface area contributed by atoms with Gasteiger partial charge < -0.3 is 9.84 Å². The summed E-state index contributed by atoms with van der Waals surface area (Å²) in [6.07, 6.45) is 3.37. The second-order valence-electron chi connectivity index (χ2n) is 3.08. The van der Waals surface area contributed by atoms with Crippen molar-refractivity contribution < 1.29 is 14.6 Å². The van der Waals surface area contributed by atoms with E-state index in [0.717, 1.165) is 5.56 Å². The summed E-state index contributed by atoms with van der Waals surface area (Å²) in [6, 6.07) is 4.56. The first kappa shape index (κ1) is 12.6. The third-order valence-electron chi connectivity index (χ3n) is 2.03. The van der Waals surface area contributed by atoms with Crippen LogP contribution in [0.5, 0.6) is 5.75 Å². The quantitative estimate of drug-likeness (QED) is 0.481. The molecule has 0 saturated heterocycles. The van der Waals surface area contributed by atoms with Gasteiger partial charge >= 0.3 is 5.97 Å². The van der Waals surface area contributed by atoms with Gasteiger partial charge in [0.05, 0.1) is 12.7 Å². The number of carboxylic acid groups (broad SMARTS) is 1. The maximum absolute atomic E-state index is 10.8. The highest BCUT2D eigenvalue weighted by atomic mass is 16.5. The monoisotopic (exact) mass is 233 g/mol. The molecule has 0 unspecified atom stereocenters. The number of rotatable bonds is 5. The van der Waals surface area contributed by atoms with Crippen molar-refractivity contribution in [1.82, 2.24) is 0 Å². The summed E-state index contributed by atoms with van der Waals surface area (Å²) in [6.45, 7) is 0.236. The van der Waals surface area contributed by atoms with E-state index in [0.29, 0.717) is 5.75 Å². The Hall–Kier alpha value is -2.46. The van der Waals surface area contributed by atoms with Crippen molar-refractivity contribution in [1.29, 1.82) is 0 Å². The van der Waals surface area contributed by atoms with E-state index in [1.165, 1.54) is 19.2 Å². The molecule has 0 atom stereocenters. The molecule has 1 aromatic carbocycles. The molecule has 1 aromatic rings. The second-order valence-corrected chi connectivity index (χ2v) is 3.08. The van der Waals surface area contributed by atoms with Crippen LogP contribution in [-0.2, 0) is 0 Å². The van der Waals surface area contributed by atoms with Crippen LogP contribution >= 0.6 is 0 Å². The van der Waals surface area contributed by atoms with E-state index in [4.69, 9.17) is 15.4 Å². The Balaban J connectivity index is 2.96. The van der Waals surface area contributed by atoms with E-state index < -0.39 is 5.97 Å².